The number of aromatic nitrogens is 2. The Balaban J connectivity index is 0.00000288. The molecular weight excluding hydrogens is 463 g/mol. The predicted octanol–water partition coefficient (Wildman–Crippen LogP) is 0.965. The van der Waals surface area contributed by atoms with Gasteiger partial charge in [0, 0.05) is 37.4 Å². The molecule has 2 heterocycles. The first-order valence-corrected chi connectivity index (χ1v) is 9.39. The maximum absolute atomic E-state index is 11.2. The van der Waals surface area contributed by atoms with E-state index in [-0.39, 0.29) is 28.2 Å². The number of nitrogens with two attached hydrogens (primary N) is 1. The summed E-state index contributed by atoms with van der Waals surface area (Å²) in [6, 6.07) is 5.14. The number of hydrogen-bond acceptors (Lipinski definition) is 5. The highest BCUT2D eigenvalue weighted by Crippen LogP contribution is 2.19. The summed E-state index contributed by atoms with van der Waals surface area (Å²) in [5, 5.41) is 15.6. The van der Waals surface area contributed by atoms with Crippen LogP contribution < -0.4 is 15.8 Å². The summed E-state index contributed by atoms with van der Waals surface area (Å²) >= 11 is 1.15. The minimum Gasteiger partial charge on any atom is -0.356 e. The maximum atomic E-state index is 11.2. The Morgan fingerprint density at radius 3 is 2.79 bits per heavy atom. The highest BCUT2D eigenvalue weighted by atomic mass is 127. The standard InChI is InChI=1S/C13H20N6O2S2.HI/c1-15-13(16-6-2-8-19-9-3-7-18-19)17-10-11-4-5-12(22-11)23(14,20)21;/h3-5,7,9H,2,6,8,10H2,1H3,(H2,14,20,21)(H2,15,16,17);1H. The van der Waals surface area contributed by atoms with Gasteiger partial charge >= 0.3 is 0 Å². The number of sulfonamides is 1. The zero-order valence-corrected chi connectivity index (χ0v) is 17.1. The highest BCUT2D eigenvalue weighted by Gasteiger charge is 2.11. The van der Waals surface area contributed by atoms with E-state index in [0.29, 0.717) is 12.5 Å². The highest BCUT2D eigenvalue weighted by molar-refractivity contribution is 14.0. The Hall–Kier alpha value is -1.18. The first-order chi connectivity index (χ1) is 11.0. The second kappa shape index (κ2) is 9.96. The summed E-state index contributed by atoms with van der Waals surface area (Å²) < 4.78 is 24.5. The Kier molecular flexibility index (Phi) is 8.66. The van der Waals surface area contributed by atoms with E-state index in [1.807, 2.05) is 16.9 Å². The van der Waals surface area contributed by atoms with Crippen LogP contribution in [0.15, 0.2) is 39.8 Å². The Morgan fingerprint density at radius 2 is 2.21 bits per heavy atom. The third-order valence-corrected chi connectivity index (χ3v) is 5.51. The van der Waals surface area contributed by atoms with E-state index >= 15 is 0 Å². The topological polar surface area (TPSA) is 114 Å². The van der Waals surface area contributed by atoms with Gasteiger partial charge in [0.25, 0.3) is 0 Å². The van der Waals surface area contributed by atoms with Gasteiger partial charge in [-0.25, -0.2) is 13.6 Å². The van der Waals surface area contributed by atoms with Crippen molar-refractivity contribution in [1.29, 1.82) is 0 Å². The average Bonchev–Trinajstić information content (AvgIpc) is 3.17. The number of aryl methyl sites for hydroxylation is 1. The lowest BCUT2D eigenvalue weighted by atomic mass is 10.4. The molecule has 8 nitrogen and oxygen atoms in total. The van der Waals surface area contributed by atoms with Gasteiger partial charge in [-0.1, -0.05) is 0 Å². The first kappa shape index (κ1) is 20.9. The number of halogens is 1. The Labute approximate surface area is 162 Å². The smallest absolute Gasteiger partial charge is 0.247 e. The number of rotatable bonds is 7. The van der Waals surface area contributed by atoms with Crippen molar-refractivity contribution in [3.8, 4) is 0 Å². The molecule has 0 radical (unpaired) electrons. The SMILES string of the molecule is CN=C(NCCCn1cccn1)NCc1ccc(S(N)(=O)=O)s1.I. The second-order valence-corrected chi connectivity index (χ2v) is 7.70. The zero-order chi connectivity index (χ0) is 16.7. The number of primary sulfonamides is 1. The molecule has 0 saturated carbocycles. The van der Waals surface area contributed by atoms with E-state index in [1.165, 1.54) is 6.07 Å². The van der Waals surface area contributed by atoms with Crippen LogP contribution in [0.3, 0.4) is 0 Å². The van der Waals surface area contributed by atoms with Crippen LogP contribution in [-0.4, -0.2) is 37.8 Å². The van der Waals surface area contributed by atoms with Crippen LogP contribution in [-0.2, 0) is 23.1 Å². The molecule has 134 valence electrons. The lowest BCUT2D eigenvalue weighted by molar-refractivity contribution is 0.570. The third kappa shape index (κ3) is 6.75. The van der Waals surface area contributed by atoms with E-state index in [1.54, 1.807) is 19.3 Å². The van der Waals surface area contributed by atoms with Gasteiger partial charge in [0.15, 0.2) is 5.96 Å². The van der Waals surface area contributed by atoms with Gasteiger partial charge in [-0.05, 0) is 24.6 Å². The molecule has 2 rings (SSSR count). The normalized spacial score (nSPS) is 11.8. The molecule has 11 heteroatoms. The fourth-order valence-corrected chi connectivity index (χ4v) is 3.60. The molecule has 0 aliphatic heterocycles. The molecule has 4 N–H and O–H groups in total. The van der Waals surface area contributed by atoms with Crippen molar-refractivity contribution < 1.29 is 8.42 Å². The van der Waals surface area contributed by atoms with E-state index < -0.39 is 10.0 Å². The predicted molar refractivity (Wildman–Crippen MR) is 106 cm³/mol. The molecule has 0 spiro atoms. The molecule has 0 amide bonds. The second-order valence-electron chi connectivity index (χ2n) is 4.74. The molecule has 24 heavy (non-hydrogen) atoms. The number of guanidine groups is 1. The van der Waals surface area contributed by atoms with Crippen molar-refractivity contribution >= 4 is 51.3 Å². The van der Waals surface area contributed by atoms with Crippen molar-refractivity contribution in [2.24, 2.45) is 10.1 Å². The van der Waals surface area contributed by atoms with Gasteiger partial charge < -0.3 is 10.6 Å². The van der Waals surface area contributed by atoms with Crippen molar-refractivity contribution in [1.82, 2.24) is 20.4 Å². The van der Waals surface area contributed by atoms with Crippen LogP contribution in [0.1, 0.15) is 11.3 Å². The van der Waals surface area contributed by atoms with Gasteiger partial charge in [-0.2, -0.15) is 5.10 Å². The monoisotopic (exact) mass is 484 g/mol. The van der Waals surface area contributed by atoms with Gasteiger partial charge in [-0.15, -0.1) is 35.3 Å². The number of aliphatic imine (C=N–C) groups is 1. The molecule has 0 bridgehead atoms. The van der Waals surface area contributed by atoms with Crippen molar-refractivity contribution in [3.05, 3.63) is 35.5 Å². The maximum Gasteiger partial charge on any atom is 0.247 e. The van der Waals surface area contributed by atoms with E-state index in [2.05, 4.69) is 20.7 Å². The van der Waals surface area contributed by atoms with Crippen molar-refractivity contribution in [2.45, 2.75) is 23.7 Å². The van der Waals surface area contributed by atoms with E-state index in [9.17, 15) is 8.42 Å². The summed E-state index contributed by atoms with van der Waals surface area (Å²) in [6.07, 6.45) is 4.59. The molecule has 0 aliphatic carbocycles. The lowest BCUT2D eigenvalue weighted by Crippen LogP contribution is -2.37. The molecular formula is C13H21IN6O2S2. The molecule has 2 aromatic rings. The van der Waals surface area contributed by atoms with Crippen molar-refractivity contribution in [2.75, 3.05) is 13.6 Å². The molecule has 0 atom stereocenters. The summed E-state index contributed by atoms with van der Waals surface area (Å²) in [4.78, 5) is 5.00. The fraction of sp³-hybridized carbons (Fsp3) is 0.385. The summed E-state index contributed by atoms with van der Waals surface area (Å²) in [5.41, 5.74) is 0. The molecule has 2 aromatic heterocycles. The average molecular weight is 484 g/mol. The number of nitrogens with zero attached hydrogens (tertiary/aromatic N) is 3. The minimum absolute atomic E-state index is 0. The molecule has 0 aromatic carbocycles. The lowest BCUT2D eigenvalue weighted by Gasteiger charge is -2.11. The van der Waals surface area contributed by atoms with E-state index in [4.69, 9.17) is 5.14 Å². The summed E-state index contributed by atoms with van der Waals surface area (Å²) in [7, 11) is -1.94. The van der Waals surface area contributed by atoms with Crippen LogP contribution in [0.5, 0.6) is 0 Å². The summed E-state index contributed by atoms with van der Waals surface area (Å²) in [5.74, 6) is 0.663. The molecule has 0 unspecified atom stereocenters. The van der Waals surface area contributed by atoms with Crippen LogP contribution >= 0.6 is 35.3 Å². The number of thiophene rings is 1. The number of nitrogens with one attached hydrogen (secondary N) is 2. The van der Waals surface area contributed by atoms with E-state index in [0.717, 1.165) is 35.7 Å². The van der Waals surface area contributed by atoms with Crippen LogP contribution in [0.2, 0.25) is 0 Å². The fourth-order valence-electron chi connectivity index (χ4n) is 1.88. The molecule has 0 aliphatic rings. The number of hydrogen-bond donors (Lipinski definition) is 3. The summed E-state index contributed by atoms with van der Waals surface area (Å²) in [6.45, 7) is 2.07. The molecule has 0 saturated heterocycles. The van der Waals surface area contributed by atoms with Crippen LogP contribution in [0, 0.1) is 0 Å². The Morgan fingerprint density at radius 1 is 1.42 bits per heavy atom. The third-order valence-electron chi connectivity index (χ3n) is 2.99. The molecule has 0 fully saturated rings. The first-order valence-electron chi connectivity index (χ1n) is 7.02. The van der Waals surface area contributed by atoms with Gasteiger partial charge in [0.2, 0.25) is 10.0 Å². The quantitative estimate of drug-likeness (QED) is 0.235. The Bertz CT molecular complexity index is 742. The largest absolute Gasteiger partial charge is 0.356 e. The zero-order valence-electron chi connectivity index (χ0n) is 13.2. The minimum atomic E-state index is -3.63. The van der Waals surface area contributed by atoms with Gasteiger partial charge in [0.05, 0.1) is 6.54 Å². The van der Waals surface area contributed by atoms with Crippen LogP contribution in [0.4, 0.5) is 0 Å². The van der Waals surface area contributed by atoms with Gasteiger partial charge in [0.1, 0.15) is 4.21 Å². The van der Waals surface area contributed by atoms with Crippen molar-refractivity contribution in [3.63, 3.8) is 0 Å². The van der Waals surface area contributed by atoms with Gasteiger partial charge in [-0.3, -0.25) is 9.67 Å². The van der Waals surface area contributed by atoms with Crippen LogP contribution in [0.25, 0.3) is 0 Å².